The minimum atomic E-state index is -1.26. The van der Waals surface area contributed by atoms with Crippen LogP contribution in [0.3, 0.4) is 0 Å². The molecule has 5 heteroatoms. The molecule has 2 aromatic rings. The summed E-state index contributed by atoms with van der Waals surface area (Å²) in [6.45, 7) is 0.0986. The first kappa shape index (κ1) is 13.6. The van der Waals surface area contributed by atoms with Crippen molar-refractivity contribution in [1.29, 1.82) is 5.26 Å². The number of carbonyl (C=O) groups is 1. The van der Waals surface area contributed by atoms with E-state index in [1.807, 2.05) is 6.07 Å². The first-order valence-electron chi connectivity index (χ1n) is 5.75. The van der Waals surface area contributed by atoms with Crippen molar-refractivity contribution in [3.8, 4) is 11.8 Å². The number of carboxylic acid groups (broad SMARTS) is 1. The summed E-state index contributed by atoms with van der Waals surface area (Å²) in [6.07, 6.45) is 0. The molecule has 0 saturated carbocycles. The first-order chi connectivity index (χ1) is 9.60. The third kappa shape index (κ3) is 3.12. The van der Waals surface area contributed by atoms with Gasteiger partial charge in [-0.3, -0.25) is 0 Å². The average Bonchev–Trinajstić information content (AvgIpc) is 2.46. The molecule has 0 radical (unpaired) electrons. The summed E-state index contributed by atoms with van der Waals surface area (Å²) in [4.78, 5) is 11.0. The van der Waals surface area contributed by atoms with Crippen molar-refractivity contribution in [2.45, 2.75) is 6.61 Å². The molecule has 100 valence electrons. The molecule has 0 heterocycles. The lowest BCUT2D eigenvalue weighted by Crippen LogP contribution is -2.04. The Morgan fingerprint density at radius 3 is 2.80 bits per heavy atom. The Morgan fingerprint density at radius 1 is 1.30 bits per heavy atom. The van der Waals surface area contributed by atoms with E-state index in [1.54, 1.807) is 24.3 Å². The fourth-order valence-corrected chi connectivity index (χ4v) is 1.69. The van der Waals surface area contributed by atoms with Crippen LogP contribution in [0.15, 0.2) is 42.5 Å². The molecule has 0 spiro atoms. The Balaban J connectivity index is 2.19. The summed E-state index contributed by atoms with van der Waals surface area (Å²) in [5.74, 6) is -1.81. The highest BCUT2D eigenvalue weighted by atomic mass is 19.1. The van der Waals surface area contributed by atoms with Crippen LogP contribution in [0.1, 0.15) is 21.5 Å². The average molecular weight is 271 g/mol. The molecular weight excluding hydrogens is 261 g/mol. The van der Waals surface area contributed by atoms with Crippen molar-refractivity contribution < 1.29 is 19.0 Å². The van der Waals surface area contributed by atoms with Gasteiger partial charge in [-0.1, -0.05) is 12.1 Å². The maximum atomic E-state index is 13.0. The number of carboxylic acids is 1. The van der Waals surface area contributed by atoms with Crippen molar-refractivity contribution in [2.24, 2.45) is 0 Å². The molecule has 0 fully saturated rings. The number of nitrogens with zero attached hydrogens (tertiary/aromatic N) is 1. The summed E-state index contributed by atoms with van der Waals surface area (Å²) in [7, 11) is 0. The van der Waals surface area contributed by atoms with Crippen molar-refractivity contribution in [3.63, 3.8) is 0 Å². The van der Waals surface area contributed by atoms with Crippen molar-refractivity contribution >= 4 is 5.97 Å². The number of ether oxygens (including phenoxy) is 1. The molecule has 0 saturated heterocycles. The van der Waals surface area contributed by atoms with E-state index in [1.165, 1.54) is 6.07 Å². The lowest BCUT2D eigenvalue weighted by molar-refractivity contribution is 0.0691. The molecule has 0 unspecified atom stereocenters. The van der Waals surface area contributed by atoms with Gasteiger partial charge in [0.2, 0.25) is 0 Å². The Bertz CT molecular complexity index is 692. The van der Waals surface area contributed by atoms with Gasteiger partial charge in [-0.25, -0.2) is 9.18 Å². The number of rotatable bonds is 4. The Hall–Kier alpha value is -2.87. The maximum absolute atomic E-state index is 13.0. The van der Waals surface area contributed by atoms with Crippen LogP contribution in [0, 0.1) is 17.1 Å². The van der Waals surface area contributed by atoms with E-state index in [0.29, 0.717) is 5.56 Å². The Morgan fingerprint density at radius 2 is 2.10 bits per heavy atom. The standard InChI is InChI=1S/C15H10FNO3/c16-12-4-5-14(13(7-12)15(18)19)20-9-11-3-1-2-10(6-11)8-17/h1-7H,9H2,(H,18,19). The number of halogens is 1. The minimum Gasteiger partial charge on any atom is -0.488 e. The molecule has 0 amide bonds. The monoisotopic (exact) mass is 271 g/mol. The van der Waals surface area contributed by atoms with E-state index in [0.717, 1.165) is 17.7 Å². The predicted octanol–water partition coefficient (Wildman–Crippen LogP) is 2.97. The molecule has 0 aliphatic heterocycles. The van der Waals surface area contributed by atoms with Crippen molar-refractivity contribution in [3.05, 3.63) is 65.0 Å². The molecule has 4 nitrogen and oxygen atoms in total. The summed E-state index contributed by atoms with van der Waals surface area (Å²) in [5.41, 5.74) is 0.981. The van der Waals surface area contributed by atoms with Gasteiger partial charge in [-0.05, 0) is 35.9 Å². The maximum Gasteiger partial charge on any atom is 0.339 e. The van der Waals surface area contributed by atoms with E-state index in [9.17, 15) is 9.18 Å². The van der Waals surface area contributed by atoms with Crippen LogP contribution in [-0.4, -0.2) is 11.1 Å². The summed E-state index contributed by atoms with van der Waals surface area (Å²) in [5, 5.41) is 17.8. The topological polar surface area (TPSA) is 70.3 Å². The van der Waals surface area contributed by atoms with E-state index in [4.69, 9.17) is 15.1 Å². The second kappa shape index (κ2) is 5.85. The zero-order valence-corrected chi connectivity index (χ0v) is 10.3. The van der Waals surface area contributed by atoms with Crippen LogP contribution < -0.4 is 4.74 Å². The summed E-state index contributed by atoms with van der Waals surface area (Å²) >= 11 is 0. The molecular formula is C15H10FNO3. The second-order valence-corrected chi connectivity index (χ2v) is 4.05. The lowest BCUT2D eigenvalue weighted by atomic mass is 10.1. The van der Waals surface area contributed by atoms with Gasteiger partial charge >= 0.3 is 5.97 Å². The van der Waals surface area contributed by atoms with Gasteiger partial charge < -0.3 is 9.84 Å². The highest BCUT2D eigenvalue weighted by Gasteiger charge is 2.12. The van der Waals surface area contributed by atoms with E-state index in [-0.39, 0.29) is 17.9 Å². The molecule has 2 rings (SSSR count). The molecule has 0 bridgehead atoms. The van der Waals surface area contributed by atoms with Crippen LogP contribution in [0.5, 0.6) is 5.75 Å². The van der Waals surface area contributed by atoms with Crippen molar-refractivity contribution in [1.82, 2.24) is 0 Å². The van der Waals surface area contributed by atoms with Gasteiger partial charge in [0.15, 0.2) is 0 Å². The van der Waals surface area contributed by atoms with Gasteiger partial charge in [-0.2, -0.15) is 5.26 Å². The molecule has 2 aromatic carbocycles. The highest BCUT2D eigenvalue weighted by Crippen LogP contribution is 2.21. The fourth-order valence-electron chi connectivity index (χ4n) is 1.69. The summed E-state index contributed by atoms with van der Waals surface area (Å²) < 4.78 is 18.4. The number of benzene rings is 2. The van der Waals surface area contributed by atoms with E-state index in [2.05, 4.69) is 0 Å². The zero-order valence-electron chi connectivity index (χ0n) is 10.3. The number of hydrogen-bond donors (Lipinski definition) is 1. The van der Waals surface area contributed by atoms with Crippen LogP contribution in [0.4, 0.5) is 4.39 Å². The normalized spacial score (nSPS) is 9.80. The molecule has 1 N–H and O–H groups in total. The predicted molar refractivity (Wildman–Crippen MR) is 68.8 cm³/mol. The highest BCUT2D eigenvalue weighted by molar-refractivity contribution is 5.90. The third-order valence-corrected chi connectivity index (χ3v) is 2.62. The van der Waals surface area contributed by atoms with Gasteiger partial charge in [0.25, 0.3) is 0 Å². The molecule has 0 aromatic heterocycles. The second-order valence-electron chi connectivity index (χ2n) is 4.05. The molecule has 0 aliphatic rings. The Labute approximate surface area is 114 Å². The quantitative estimate of drug-likeness (QED) is 0.928. The van der Waals surface area contributed by atoms with Gasteiger partial charge in [0, 0.05) is 0 Å². The van der Waals surface area contributed by atoms with Crippen LogP contribution in [0.2, 0.25) is 0 Å². The number of aromatic carboxylic acids is 1. The number of nitriles is 1. The lowest BCUT2D eigenvalue weighted by Gasteiger charge is -2.09. The van der Waals surface area contributed by atoms with E-state index >= 15 is 0 Å². The molecule has 0 aliphatic carbocycles. The van der Waals surface area contributed by atoms with Gasteiger partial charge in [-0.15, -0.1) is 0 Å². The Kier molecular flexibility index (Phi) is 3.96. The summed E-state index contributed by atoms with van der Waals surface area (Å²) in [6, 6.07) is 12.1. The minimum absolute atomic E-state index is 0.0845. The zero-order chi connectivity index (χ0) is 14.5. The van der Waals surface area contributed by atoms with Crippen LogP contribution in [-0.2, 0) is 6.61 Å². The van der Waals surface area contributed by atoms with Gasteiger partial charge in [0.1, 0.15) is 23.7 Å². The smallest absolute Gasteiger partial charge is 0.339 e. The van der Waals surface area contributed by atoms with Crippen LogP contribution in [0.25, 0.3) is 0 Å². The van der Waals surface area contributed by atoms with Gasteiger partial charge in [0.05, 0.1) is 11.6 Å². The SMILES string of the molecule is N#Cc1cccc(COc2ccc(F)cc2C(=O)O)c1. The fraction of sp³-hybridized carbons (Fsp3) is 0.0667. The first-order valence-corrected chi connectivity index (χ1v) is 5.75. The number of hydrogen-bond acceptors (Lipinski definition) is 3. The molecule has 0 atom stereocenters. The van der Waals surface area contributed by atoms with E-state index < -0.39 is 11.8 Å². The van der Waals surface area contributed by atoms with Crippen LogP contribution >= 0.6 is 0 Å². The largest absolute Gasteiger partial charge is 0.488 e. The molecule has 20 heavy (non-hydrogen) atoms. The third-order valence-electron chi connectivity index (χ3n) is 2.62. The van der Waals surface area contributed by atoms with Crippen molar-refractivity contribution in [2.75, 3.05) is 0 Å².